The molecule has 0 amide bonds. The summed E-state index contributed by atoms with van der Waals surface area (Å²) in [5.74, 6) is 0.716. The molecule has 106 valence electrons. The van der Waals surface area contributed by atoms with Crippen LogP contribution in [-0.2, 0) is 11.3 Å². The molecule has 1 heterocycles. The minimum absolute atomic E-state index is 0.324. The molecular weight excluding hydrogens is 285 g/mol. The van der Waals surface area contributed by atoms with Crippen molar-refractivity contribution in [2.75, 3.05) is 19.8 Å². The number of nitrogens with one attached hydrogen (secondary N) is 1. The minimum atomic E-state index is 0.324. The van der Waals surface area contributed by atoms with E-state index in [1.54, 1.807) is 6.07 Å². The predicted molar refractivity (Wildman–Crippen MR) is 78.3 cm³/mol. The van der Waals surface area contributed by atoms with Crippen molar-refractivity contribution in [3.8, 4) is 5.75 Å². The molecule has 1 aliphatic heterocycles. The zero-order valence-electron chi connectivity index (χ0n) is 11.0. The van der Waals surface area contributed by atoms with E-state index >= 15 is 0 Å². The maximum atomic E-state index is 6.16. The highest BCUT2D eigenvalue weighted by atomic mass is 35.5. The van der Waals surface area contributed by atoms with Gasteiger partial charge in [0.15, 0.2) is 0 Å². The van der Waals surface area contributed by atoms with Crippen molar-refractivity contribution in [3.63, 3.8) is 0 Å². The molecular formula is C14H19Cl2NO2. The molecule has 1 aromatic carbocycles. The highest BCUT2D eigenvalue weighted by Crippen LogP contribution is 2.32. The van der Waals surface area contributed by atoms with Gasteiger partial charge in [-0.25, -0.2) is 0 Å². The molecule has 0 unspecified atom stereocenters. The molecule has 0 aliphatic carbocycles. The van der Waals surface area contributed by atoms with Crippen LogP contribution in [0.25, 0.3) is 0 Å². The van der Waals surface area contributed by atoms with Crippen LogP contribution < -0.4 is 10.1 Å². The fraction of sp³-hybridized carbons (Fsp3) is 0.571. The molecule has 1 N–H and O–H groups in total. The summed E-state index contributed by atoms with van der Waals surface area (Å²) in [6, 6.07) is 3.60. The highest BCUT2D eigenvalue weighted by Gasteiger charge is 2.15. The average Bonchev–Trinajstić information content (AvgIpc) is 2.86. The summed E-state index contributed by atoms with van der Waals surface area (Å²) in [5.41, 5.74) is 0.984. The predicted octanol–water partition coefficient (Wildman–Crippen LogP) is 3.66. The number of ether oxygens (including phenoxy) is 2. The Morgan fingerprint density at radius 3 is 2.95 bits per heavy atom. The summed E-state index contributed by atoms with van der Waals surface area (Å²) in [7, 11) is 0. The highest BCUT2D eigenvalue weighted by molar-refractivity contribution is 6.35. The van der Waals surface area contributed by atoms with Crippen molar-refractivity contribution >= 4 is 23.2 Å². The summed E-state index contributed by atoms with van der Waals surface area (Å²) in [6.45, 7) is 4.92. The quantitative estimate of drug-likeness (QED) is 0.870. The van der Waals surface area contributed by atoms with E-state index < -0.39 is 0 Å². The number of hydrogen-bond donors (Lipinski definition) is 1. The maximum Gasteiger partial charge on any atom is 0.142 e. The molecule has 1 aromatic rings. The van der Waals surface area contributed by atoms with E-state index in [4.69, 9.17) is 32.7 Å². The Morgan fingerprint density at radius 2 is 2.26 bits per heavy atom. The maximum absolute atomic E-state index is 6.16. The monoisotopic (exact) mass is 303 g/mol. The van der Waals surface area contributed by atoms with Gasteiger partial charge in [0, 0.05) is 30.3 Å². The molecule has 0 saturated carbocycles. The smallest absolute Gasteiger partial charge is 0.142 e. The Kier molecular flexibility index (Phi) is 5.76. The second-order valence-corrected chi connectivity index (χ2v) is 5.42. The van der Waals surface area contributed by atoms with E-state index in [9.17, 15) is 0 Å². The van der Waals surface area contributed by atoms with Crippen LogP contribution in [0.2, 0.25) is 10.0 Å². The fourth-order valence-corrected chi connectivity index (χ4v) is 2.81. The van der Waals surface area contributed by atoms with Crippen LogP contribution in [-0.4, -0.2) is 25.9 Å². The average molecular weight is 304 g/mol. The minimum Gasteiger partial charge on any atom is -0.492 e. The number of rotatable bonds is 6. The van der Waals surface area contributed by atoms with Crippen molar-refractivity contribution in [1.82, 2.24) is 5.32 Å². The lowest BCUT2D eigenvalue weighted by molar-refractivity contribution is 0.110. The first kappa shape index (κ1) is 14.9. The number of halogens is 2. The van der Waals surface area contributed by atoms with E-state index in [0.717, 1.165) is 31.6 Å². The topological polar surface area (TPSA) is 30.5 Å². The summed E-state index contributed by atoms with van der Waals surface area (Å²) >= 11 is 12.2. The molecule has 0 aromatic heterocycles. The Hall–Kier alpha value is -0.480. The van der Waals surface area contributed by atoms with E-state index in [1.165, 1.54) is 0 Å². The van der Waals surface area contributed by atoms with Gasteiger partial charge in [-0.3, -0.25) is 0 Å². The van der Waals surface area contributed by atoms with Crippen molar-refractivity contribution < 1.29 is 9.47 Å². The van der Waals surface area contributed by atoms with Gasteiger partial charge in [-0.15, -0.1) is 0 Å². The van der Waals surface area contributed by atoms with Crippen LogP contribution in [0.1, 0.15) is 25.3 Å². The normalized spacial score (nSPS) is 18.8. The Labute approximate surface area is 124 Å². The molecule has 1 atom stereocenters. The second-order valence-electron chi connectivity index (χ2n) is 4.57. The lowest BCUT2D eigenvalue weighted by Gasteiger charge is -2.15. The van der Waals surface area contributed by atoms with Crippen molar-refractivity contribution in [2.24, 2.45) is 0 Å². The third-order valence-corrected chi connectivity index (χ3v) is 3.58. The zero-order chi connectivity index (χ0) is 13.7. The van der Waals surface area contributed by atoms with Gasteiger partial charge in [-0.2, -0.15) is 0 Å². The van der Waals surface area contributed by atoms with Crippen LogP contribution in [0.3, 0.4) is 0 Å². The molecule has 3 nitrogen and oxygen atoms in total. The van der Waals surface area contributed by atoms with Gasteiger partial charge in [0.25, 0.3) is 0 Å². The molecule has 0 bridgehead atoms. The summed E-state index contributed by atoms with van der Waals surface area (Å²) in [6.07, 6.45) is 2.60. The van der Waals surface area contributed by atoms with Gasteiger partial charge in [-0.05, 0) is 31.9 Å². The first-order chi connectivity index (χ1) is 9.20. The number of hydrogen-bond acceptors (Lipinski definition) is 3. The Bertz CT molecular complexity index is 420. The third kappa shape index (κ3) is 4.25. The molecule has 1 fully saturated rings. The van der Waals surface area contributed by atoms with Gasteiger partial charge < -0.3 is 14.8 Å². The SMILES string of the molecule is CCOc1c(Cl)cc(Cl)cc1CNC[C@@H]1CCCO1. The van der Waals surface area contributed by atoms with E-state index in [1.807, 2.05) is 13.0 Å². The lowest BCUT2D eigenvalue weighted by atomic mass is 10.2. The first-order valence-electron chi connectivity index (χ1n) is 6.63. The van der Waals surface area contributed by atoms with Crippen LogP contribution >= 0.6 is 23.2 Å². The largest absolute Gasteiger partial charge is 0.492 e. The summed E-state index contributed by atoms with van der Waals surface area (Å²) in [4.78, 5) is 0. The van der Waals surface area contributed by atoms with E-state index in [2.05, 4.69) is 5.32 Å². The van der Waals surface area contributed by atoms with Gasteiger partial charge in [0.05, 0.1) is 17.7 Å². The van der Waals surface area contributed by atoms with Crippen LogP contribution in [0.15, 0.2) is 12.1 Å². The van der Waals surface area contributed by atoms with Gasteiger partial charge in [0.1, 0.15) is 5.75 Å². The van der Waals surface area contributed by atoms with Crippen molar-refractivity contribution in [1.29, 1.82) is 0 Å². The summed E-state index contributed by atoms with van der Waals surface area (Å²) < 4.78 is 11.2. The molecule has 1 saturated heterocycles. The van der Waals surface area contributed by atoms with Gasteiger partial charge >= 0.3 is 0 Å². The Morgan fingerprint density at radius 1 is 1.42 bits per heavy atom. The summed E-state index contributed by atoms with van der Waals surface area (Å²) in [5, 5.41) is 4.56. The molecule has 5 heteroatoms. The zero-order valence-corrected chi connectivity index (χ0v) is 12.6. The van der Waals surface area contributed by atoms with Crippen molar-refractivity contribution in [3.05, 3.63) is 27.7 Å². The van der Waals surface area contributed by atoms with Gasteiger partial charge in [-0.1, -0.05) is 23.2 Å². The van der Waals surface area contributed by atoms with E-state index in [-0.39, 0.29) is 0 Å². The second kappa shape index (κ2) is 7.34. The van der Waals surface area contributed by atoms with Crippen molar-refractivity contribution in [2.45, 2.75) is 32.4 Å². The molecule has 1 aliphatic rings. The van der Waals surface area contributed by atoms with Crippen LogP contribution in [0.5, 0.6) is 5.75 Å². The van der Waals surface area contributed by atoms with Gasteiger partial charge in [0.2, 0.25) is 0 Å². The van der Waals surface area contributed by atoms with Crippen LogP contribution in [0, 0.1) is 0 Å². The molecule has 19 heavy (non-hydrogen) atoms. The molecule has 0 spiro atoms. The fourth-order valence-electron chi connectivity index (χ4n) is 2.22. The third-order valence-electron chi connectivity index (χ3n) is 3.09. The lowest BCUT2D eigenvalue weighted by Crippen LogP contribution is -2.26. The molecule has 2 rings (SSSR count). The van der Waals surface area contributed by atoms with E-state index in [0.29, 0.717) is 35.1 Å². The first-order valence-corrected chi connectivity index (χ1v) is 7.39. The number of benzene rings is 1. The Balaban J connectivity index is 1.97. The standard InChI is InChI=1S/C14H19Cl2NO2/c1-2-18-14-10(6-11(15)7-13(14)16)8-17-9-12-4-3-5-19-12/h6-7,12,17H,2-5,8-9H2,1H3/t12-/m0/s1. The molecule has 0 radical (unpaired) electrons. The van der Waals surface area contributed by atoms with Crippen LogP contribution in [0.4, 0.5) is 0 Å².